The van der Waals surface area contributed by atoms with Crippen LogP contribution < -0.4 is 10.6 Å². The highest BCUT2D eigenvalue weighted by molar-refractivity contribution is 5.99. The maximum atomic E-state index is 12.0. The molecule has 0 unspecified atom stereocenters. The number of hydrogen-bond donors (Lipinski definition) is 2. The fourth-order valence-electron chi connectivity index (χ4n) is 4.21. The fraction of sp³-hybridized carbons (Fsp3) is 0.500. The molecule has 1 amide bonds. The van der Waals surface area contributed by atoms with E-state index in [2.05, 4.69) is 20.6 Å². The molecule has 0 atom stereocenters. The third-order valence-electron chi connectivity index (χ3n) is 5.82. The summed E-state index contributed by atoms with van der Waals surface area (Å²) < 4.78 is 0. The molecule has 4 aliphatic carbocycles. The Morgan fingerprint density at radius 2 is 1.96 bits per heavy atom. The van der Waals surface area contributed by atoms with Gasteiger partial charge in [0.2, 0.25) is 5.91 Å². The van der Waals surface area contributed by atoms with Crippen LogP contribution in [0.5, 0.6) is 0 Å². The Hall–Kier alpha value is -2.17. The van der Waals surface area contributed by atoms with E-state index in [1.165, 1.54) is 30.2 Å². The SMILES string of the molecule is CNc1ncc(C23CC(C2)C3)c2cc(NC(=O)C3CC3)ncc12. The van der Waals surface area contributed by atoms with Crippen molar-refractivity contribution in [1.82, 2.24) is 9.97 Å². The largest absolute Gasteiger partial charge is 0.373 e. The minimum absolute atomic E-state index is 0.104. The molecule has 4 aliphatic rings. The molecule has 2 heterocycles. The van der Waals surface area contributed by atoms with Crippen LogP contribution in [0.3, 0.4) is 0 Å². The highest BCUT2D eigenvalue weighted by atomic mass is 16.2. The summed E-state index contributed by atoms with van der Waals surface area (Å²) in [6.45, 7) is 0. The van der Waals surface area contributed by atoms with Crippen molar-refractivity contribution >= 4 is 28.3 Å². The molecule has 0 radical (unpaired) electrons. The number of amides is 1. The summed E-state index contributed by atoms with van der Waals surface area (Å²) in [6, 6.07) is 2.04. The molecule has 0 saturated heterocycles. The number of nitrogens with one attached hydrogen (secondary N) is 2. The number of pyridine rings is 2. The van der Waals surface area contributed by atoms with Crippen molar-refractivity contribution in [3.05, 3.63) is 24.0 Å². The second-order valence-electron chi connectivity index (χ2n) is 7.41. The molecule has 6 rings (SSSR count). The van der Waals surface area contributed by atoms with Gasteiger partial charge in [0.05, 0.1) is 0 Å². The van der Waals surface area contributed by atoms with Crippen molar-refractivity contribution in [2.45, 2.75) is 37.5 Å². The van der Waals surface area contributed by atoms with Crippen molar-refractivity contribution in [2.75, 3.05) is 17.7 Å². The molecule has 0 aromatic carbocycles. The molecule has 2 N–H and O–H groups in total. The van der Waals surface area contributed by atoms with E-state index in [-0.39, 0.29) is 11.8 Å². The molecule has 2 bridgehead atoms. The van der Waals surface area contributed by atoms with Crippen LogP contribution in [0.4, 0.5) is 11.6 Å². The third kappa shape index (κ3) is 1.89. The topological polar surface area (TPSA) is 66.9 Å². The summed E-state index contributed by atoms with van der Waals surface area (Å²) in [5.41, 5.74) is 1.67. The number of anilines is 2. The lowest BCUT2D eigenvalue weighted by atomic mass is 9.42. The summed E-state index contributed by atoms with van der Waals surface area (Å²) in [7, 11) is 1.88. The first-order chi connectivity index (χ1) is 11.2. The van der Waals surface area contributed by atoms with Gasteiger partial charge in [0.15, 0.2) is 0 Å². The first-order valence-electron chi connectivity index (χ1n) is 8.46. The molecule has 4 fully saturated rings. The second-order valence-corrected chi connectivity index (χ2v) is 7.41. The zero-order valence-electron chi connectivity index (χ0n) is 13.2. The van der Waals surface area contributed by atoms with Crippen LogP contribution in [0, 0.1) is 11.8 Å². The van der Waals surface area contributed by atoms with Crippen LogP contribution in [-0.2, 0) is 10.2 Å². The molecular formula is C18H20N4O. The van der Waals surface area contributed by atoms with Gasteiger partial charge in [-0.1, -0.05) is 0 Å². The predicted molar refractivity (Wildman–Crippen MR) is 89.5 cm³/mol. The number of rotatable bonds is 4. The van der Waals surface area contributed by atoms with Crippen molar-refractivity contribution in [1.29, 1.82) is 0 Å². The molecule has 4 saturated carbocycles. The van der Waals surface area contributed by atoms with E-state index in [9.17, 15) is 4.79 Å². The monoisotopic (exact) mass is 308 g/mol. The van der Waals surface area contributed by atoms with Crippen molar-refractivity contribution in [2.24, 2.45) is 11.8 Å². The van der Waals surface area contributed by atoms with E-state index < -0.39 is 0 Å². The Bertz CT molecular complexity index is 810. The smallest absolute Gasteiger partial charge is 0.228 e. The van der Waals surface area contributed by atoms with Crippen molar-refractivity contribution < 1.29 is 4.79 Å². The number of fused-ring (bicyclic) bond motifs is 1. The molecule has 23 heavy (non-hydrogen) atoms. The van der Waals surface area contributed by atoms with Crippen LogP contribution in [0.25, 0.3) is 10.8 Å². The predicted octanol–water partition coefficient (Wildman–Crippen LogP) is 3.07. The standard InChI is InChI=1S/C18H20N4O/c1-19-16-13-8-20-15(22-17(23)11-2-3-11)4-12(13)14(9-21-16)18-5-10(6-18)7-18/h4,8-11H,2-3,5-7H2,1H3,(H,19,21)(H,20,22,23). The van der Waals surface area contributed by atoms with E-state index in [1.807, 2.05) is 25.5 Å². The van der Waals surface area contributed by atoms with Crippen LogP contribution >= 0.6 is 0 Å². The molecule has 0 spiro atoms. The quantitative estimate of drug-likeness (QED) is 0.911. The Kier molecular flexibility index (Phi) is 2.56. The van der Waals surface area contributed by atoms with Gasteiger partial charge in [0.25, 0.3) is 0 Å². The zero-order valence-corrected chi connectivity index (χ0v) is 13.2. The van der Waals surface area contributed by atoms with Gasteiger partial charge in [0, 0.05) is 30.7 Å². The summed E-state index contributed by atoms with van der Waals surface area (Å²) in [4.78, 5) is 21.0. The normalized spacial score (nSPS) is 28.0. The Balaban J connectivity index is 1.60. The maximum Gasteiger partial charge on any atom is 0.228 e. The van der Waals surface area contributed by atoms with E-state index in [1.54, 1.807) is 0 Å². The summed E-state index contributed by atoms with van der Waals surface area (Å²) in [5.74, 6) is 2.73. The van der Waals surface area contributed by atoms with Crippen LogP contribution in [0.15, 0.2) is 18.5 Å². The van der Waals surface area contributed by atoms with Gasteiger partial charge in [-0.15, -0.1) is 0 Å². The van der Waals surface area contributed by atoms with Gasteiger partial charge in [-0.05, 0) is 60.5 Å². The minimum atomic E-state index is 0.104. The lowest BCUT2D eigenvalue weighted by Gasteiger charge is -2.62. The van der Waals surface area contributed by atoms with Crippen LogP contribution in [-0.4, -0.2) is 22.9 Å². The summed E-state index contributed by atoms with van der Waals surface area (Å²) >= 11 is 0. The van der Waals surface area contributed by atoms with Gasteiger partial charge in [-0.25, -0.2) is 9.97 Å². The number of nitrogens with zero attached hydrogens (tertiary/aromatic N) is 2. The lowest BCUT2D eigenvalue weighted by Crippen LogP contribution is -2.55. The number of hydrogen-bond acceptors (Lipinski definition) is 4. The molecule has 2 aromatic heterocycles. The molecule has 0 aliphatic heterocycles. The molecule has 2 aromatic rings. The van der Waals surface area contributed by atoms with Crippen LogP contribution in [0.1, 0.15) is 37.7 Å². The average molecular weight is 308 g/mol. The molecule has 5 nitrogen and oxygen atoms in total. The second kappa shape index (κ2) is 4.43. The summed E-state index contributed by atoms with van der Waals surface area (Å²) in [6.07, 6.45) is 9.73. The van der Waals surface area contributed by atoms with Gasteiger partial charge in [-0.3, -0.25) is 4.79 Å². The van der Waals surface area contributed by atoms with E-state index >= 15 is 0 Å². The number of carbonyl (C=O) groups is 1. The van der Waals surface area contributed by atoms with Gasteiger partial charge >= 0.3 is 0 Å². The Labute approximate surface area is 134 Å². The van der Waals surface area contributed by atoms with Gasteiger partial charge in [0.1, 0.15) is 11.6 Å². The average Bonchev–Trinajstić information content (AvgIpc) is 3.29. The zero-order chi connectivity index (χ0) is 15.6. The minimum Gasteiger partial charge on any atom is -0.373 e. The van der Waals surface area contributed by atoms with Crippen LogP contribution in [0.2, 0.25) is 0 Å². The van der Waals surface area contributed by atoms with Gasteiger partial charge in [-0.2, -0.15) is 0 Å². The lowest BCUT2D eigenvalue weighted by molar-refractivity contribution is -0.117. The van der Waals surface area contributed by atoms with Crippen molar-refractivity contribution in [3.8, 4) is 0 Å². The first kappa shape index (κ1) is 13.3. The Morgan fingerprint density at radius 3 is 2.57 bits per heavy atom. The molecule has 118 valence electrons. The number of carbonyl (C=O) groups excluding carboxylic acids is 1. The summed E-state index contributed by atoms with van der Waals surface area (Å²) in [5, 5.41) is 8.34. The number of aromatic nitrogens is 2. The van der Waals surface area contributed by atoms with E-state index in [4.69, 9.17) is 0 Å². The maximum absolute atomic E-state index is 12.0. The highest BCUT2D eigenvalue weighted by Crippen LogP contribution is 2.66. The van der Waals surface area contributed by atoms with E-state index in [0.29, 0.717) is 11.2 Å². The highest BCUT2D eigenvalue weighted by Gasteiger charge is 2.58. The molecule has 5 heteroatoms. The Morgan fingerprint density at radius 1 is 1.17 bits per heavy atom. The van der Waals surface area contributed by atoms with Crippen molar-refractivity contribution in [3.63, 3.8) is 0 Å². The third-order valence-corrected chi connectivity index (χ3v) is 5.82. The fourth-order valence-corrected chi connectivity index (χ4v) is 4.21. The first-order valence-corrected chi connectivity index (χ1v) is 8.46. The molecular weight excluding hydrogens is 288 g/mol. The van der Waals surface area contributed by atoms with Gasteiger partial charge < -0.3 is 10.6 Å². The van der Waals surface area contributed by atoms with E-state index in [0.717, 1.165) is 30.0 Å².